The van der Waals surface area contributed by atoms with Crippen LogP contribution in [0.15, 0.2) is 94.7 Å². The molecule has 0 radical (unpaired) electrons. The zero-order valence-corrected chi connectivity index (χ0v) is 28.1. The zero-order valence-electron chi connectivity index (χ0n) is 26.4. The third-order valence-corrected chi connectivity index (χ3v) is 10.1. The van der Waals surface area contributed by atoms with E-state index in [9.17, 15) is 14.4 Å². The van der Waals surface area contributed by atoms with Crippen molar-refractivity contribution in [2.75, 3.05) is 18.0 Å². The van der Waals surface area contributed by atoms with Gasteiger partial charge in [-0.2, -0.15) is 0 Å². The number of esters is 1. The molecule has 238 valence electrons. The molecule has 10 heteroatoms. The summed E-state index contributed by atoms with van der Waals surface area (Å²) in [7, 11) is 0. The summed E-state index contributed by atoms with van der Waals surface area (Å²) < 4.78 is 6.60. The highest BCUT2D eigenvalue weighted by Crippen LogP contribution is 2.38. The summed E-state index contributed by atoms with van der Waals surface area (Å²) in [4.78, 5) is 48.9. The van der Waals surface area contributed by atoms with Crippen molar-refractivity contribution in [3.8, 4) is 5.75 Å². The Morgan fingerprint density at radius 3 is 2.19 bits per heavy atom. The van der Waals surface area contributed by atoms with Crippen molar-refractivity contribution < 1.29 is 19.1 Å². The number of fused-ring (bicyclic) bond motifs is 2. The van der Waals surface area contributed by atoms with Crippen LogP contribution in [-0.2, 0) is 11.2 Å². The number of ether oxygens (including phenoxy) is 1. The smallest absolute Gasteiger partial charge is 0.340 e. The second-order valence-electron chi connectivity index (χ2n) is 11.1. The van der Waals surface area contributed by atoms with Gasteiger partial charge in [-0.3, -0.25) is 9.59 Å². The maximum Gasteiger partial charge on any atom is 0.340 e. The molecule has 1 aliphatic rings. The molecule has 6 rings (SSSR count). The molecule has 47 heavy (non-hydrogen) atoms. The van der Waals surface area contributed by atoms with Crippen molar-refractivity contribution >= 4 is 72.3 Å². The second-order valence-corrected chi connectivity index (χ2v) is 13.2. The molecule has 0 bridgehead atoms. The van der Waals surface area contributed by atoms with E-state index in [0.29, 0.717) is 26.9 Å². The number of anilines is 1. The summed E-state index contributed by atoms with van der Waals surface area (Å²) in [5.74, 6) is -2.49. The molecule has 1 aliphatic carbocycles. The summed E-state index contributed by atoms with van der Waals surface area (Å²) in [6.07, 6.45) is 4.68. The van der Waals surface area contributed by atoms with Gasteiger partial charge in [-0.15, -0.1) is 21.6 Å². The van der Waals surface area contributed by atoms with Crippen LogP contribution < -0.4 is 9.64 Å². The van der Waals surface area contributed by atoms with E-state index in [1.807, 2.05) is 42.5 Å². The quantitative estimate of drug-likeness (QED) is 0.0433. The molecule has 0 saturated carbocycles. The topological polar surface area (TPSA) is 101 Å². The first kappa shape index (κ1) is 32.2. The Morgan fingerprint density at radius 1 is 0.894 bits per heavy atom. The van der Waals surface area contributed by atoms with E-state index in [4.69, 9.17) is 4.74 Å². The monoisotopic (exact) mass is 662 g/mol. The maximum atomic E-state index is 13.7. The van der Waals surface area contributed by atoms with E-state index in [1.54, 1.807) is 42.5 Å². The number of carbonyl (C=O) groups excluding carboxylic acids is 3. The number of ketones is 2. The first-order chi connectivity index (χ1) is 22.9. The third kappa shape index (κ3) is 6.99. The van der Waals surface area contributed by atoms with Gasteiger partial charge in [-0.05, 0) is 80.8 Å². The van der Waals surface area contributed by atoms with Gasteiger partial charge >= 0.3 is 5.97 Å². The fourth-order valence-corrected chi connectivity index (χ4v) is 7.58. The minimum absolute atomic E-state index is 0.00627. The molecule has 0 spiro atoms. The van der Waals surface area contributed by atoms with Crippen molar-refractivity contribution in [3.63, 3.8) is 0 Å². The van der Waals surface area contributed by atoms with E-state index in [1.165, 1.54) is 22.7 Å². The number of nitrogens with zero attached hydrogens (tertiary/aromatic N) is 4. The molecule has 5 aromatic rings. The van der Waals surface area contributed by atoms with Gasteiger partial charge in [0.25, 0.3) is 0 Å². The van der Waals surface area contributed by atoms with Crippen molar-refractivity contribution in [1.29, 1.82) is 0 Å². The van der Waals surface area contributed by atoms with Gasteiger partial charge in [0.15, 0.2) is 11.6 Å². The number of aromatic nitrogens is 1. The fourth-order valence-electron chi connectivity index (χ4n) is 5.58. The first-order valence-corrected chi connectivity index (χ1v) is 17.4. The van der Waals surface area contributed by atoms with Crippen molar-refractivity contribution in [2.24, 2.45) is 16.1 Å². The van der Waals surface area contributed by atoms with Gasteiger partial charge in [-0.1, -0.05) is 61.1 Å². The Labute approximate surface area is 281 Å². The molecule has 0 unspecified atom stereocenters. The highest BCUT2D eigenvalue weighted by molar-refractivity contribution is 7.29. The molecule has 0 fully saturated rings. The summed E-state index contributed by atoms with van der Waals surface area (Å²) in [5.41, 5.74) is 3.64. The van der Waals surface area contributed by atoms with Crippen LogP contribution in [0, 0.1) is 5.92 Å². The highest BCUT2D eigenvalue weighted by atomic mass is 32.1. The predicted octanol–water partition coefficient (Wildman–Crippen LogP) is 9.65. The Kier molecular flexibility index (Phi) is 9.79. The van der Waals surface area contributed by atoms with Crippen molar-refractivity contribution in [1.82, 2.24) is 4.98 Å². The number of rotatable bonds is 12. The number of Topliss-reactive ketones (excluding diaryl/α,β-unsaturated/α-hetero) is 2. The fraction of sp³-hybridized carbons (Fsp3) is 0.243. The summed E-state index contributed by atoms with van der Waals surface area (Å²) in [5, 5.41) is 9.21. The molecular formula is C37H34N4O4S2. The molecule has 0 atom stereocenters. The van der Waals surface area contributed by atoms with Gasteiger partial charge in [0.1, 0.15) is 16.5 Å². The number of thiazole rings is 1. The summed E-state index contributed by atoms with van der Waals surface area (Å²) >= 11 is 2.71. The average molecular weight is 663 g/mol. The minimum atomic E-state index is -1.28. The molecule has 2 aromatic heterocycles. The van der Waals surface area contributed by atoms with Gasteiger partial charge in [-0.25, -0.2) is 9.78 Å². The molecule has 0 amide bonds. The SMILES string of the molecule is CCCCc1ccc(OC(=O)/C(=C/c2cc3sc(N=Nc4ccc(N(CC)CC)cc4)nc3s2)C2C(=O)c3ccccc3C2=O)cc1. The molecule has 0 aliphatic heterocycles. The van der Waals surface area contributed by atoms with Crippen LogP contribution in [0.25, 0.3) is 15.6 Å². The number of aryl methyl sites for hydroxylation is 1. The van der Waals surface area contributed by atoms with Gasteiger partial charge in [0.2, 0.25) is 5.13 Å². The summed E-state index contributed by atoms with van der Waals surface area (Å²) in [6, 6.07) is 23.8. The third-order valence-electron chi connectivity index (χ3n) is 8.11. The second kappa shape index (κ2) is 14.3. The molecule has 0 saturated heterocycles. The van der Waals surface area contributed by atoms with Gasteiger partial charge in [0.05, 0.1) is 16.0 Å². The Hall–Kier alpha value is -4.80. The lowest BCUT2D eigenvalue weighted by atomic mass is 9.93. The van der Waals surface area contributed by atoms with Crippen LogP contribution in [0.4, 0.5) is 16.5 Å². The molecule has 2 heterocycles. The number of hydrogen-bond acceptors (Lipinski definition) is 10. The van der Waals surface area contributed by atoms with E-state index < -0.39 is 23.5 Å². The van der Waals surface area contributed by atoms with E-state index in [-0.39, 0.29) is 5.57 Å². The van der Waals surface area contributed by atoms with E-state index in [0.717, 1.165) is 58.8 Å². The standard InChI is InChI=1S/C37H34N4O4S2/c1-4-7-10-23-13-19-26(20-14-23)45-36(44)30(32-33(42)28-11-8-9-12-29(28)34(32)43)21-27-22-31-35(46-27)38-37(47-31)40-39-24-15-17-25(18-16-24)41(5-2)6-3/h8-9,11-22,32H,4-7,10H2,1-3H3/b30-21+,40-39?. The van der Waals surface area contributed by atoms with Crippen LogP contribution in [0.2, 0.25) is 0 Å². The van der Waals surface area contributed by atoms with Crippen molar-refractivity contribution in [3.05, 3.63) is 106 Å². The maximum absolute atomic E-state index is 13.7. The van der Waals surface area contributed by atoms with E-state index >= 15 is 0 Å². The molecular weight excluding hydrogens is 629 g/mol. The van der Waals surface area contributed by atoms with Crippen LogP contribution in [-0.4, -0.2) is 35.6 Å². The number of thiophene rings is 1. The zero-order chi connectivity index (χ0) is 32.9. The number of hydrogen-bond donors (Lipinski definition) is 0. The van der Waals surface area contributed by atoms with Crippen LogP contribution in [0.5, 0.6) is 5.75 Å². The minimum Gasteiger partial charge on any atom is -0.423 e. The Balaban J connectivity index is 1.26. The first-order valence-electron chi connectivity index (χ1n) is 15.8. The molecule has 3 aromatic carbocycles. The average Bonchev–Trinajstić information content (AvgIpc) is 3.73. The van der Waals surface area contributed by atoms with Crippen LogP contribution in [0.3, 0.4) is 0 Å². The Bertz CT molecular complexity index is 1920. The predicted molar refractivity (Wildman–Crippen MR) is 189 cm³/mol. The lowest BCUT2D eigenvalue weighted by Crippen LogP contribution is -2.26. The van der Waals surface area contributed by atoms with Crippen LogP contribution in [0.1, 0.15) is 64.8 Å². The number of unbranched alkanes of at least 4 members (excludes halogenated alkanes) is 1. The van der Waals surface area contributed by atoms with Crippen LogP contribution >= 0.6 is 22.7 Å². The van der Waals surface area contributed by atoms with Crippen molar-refractivity contribution in [2.45, 2.75) is 40.0 Å². The number of carbonyl (C=O) groups is 3. The number of azo groups is 1. The normalized spacial score (nSPS) is 13.6. The lowest BCUT2D eigenvalue weighted by Gasteiger charge is -2.20. The largest absolute Gasteiger partial charge is 0.423 e. The summed E-state index contributed by atoms with van der Waals surface area (Å²) in [6.45, 7) is 8.25. The van der Waals surface area contributed by atoms with E-state index in [2.05, 4.69) is 40.9 Å². The molecule has 0 N–H and O–H groups in total. The van der Waals surface area contributed by atoms with Gasteiger partial charge < -0.3 is 9.64 Å². The van der Waals surface area contributed by atoms with Gasteiger partial charge in [0, 0.05) is 34.8 Å². The molecule has 8 nitrogen and oxygen atoms in total. The number of benzene rings is 3. The highest BCUT2D eigenvalue weighted by Gasteiger charge is 2.43. The lowest BCUT2D eigenvalue weighted by molar-refractivity contribution is -0.130. The Morgan fingerprint density at radius 2 is 1.57 bits per heavy atom.